The monoisotopic (exact) mass is 159 g/mol. The van der Waals surface area contributed by atoms with Crippen LogP contribution in [0.15, 0.2) is 0 Å². The normalized spacial score (nSPS) is 48.5. The highest BCUT2D eigenvalue weighted by atomic mass is 17.3. The number of hydrogen-bond acceptors (Lipinski definition) is 4. The molecule has 0 radical (unpaired) electrons. The van der Waals surface area contributed by atoms with Gasteiger partial charge in [-0.1, -0.05) is 0 Å². The predicted octanol–water partition coefficient (Wildman–Crippen LogP) is -0.308. The molecule has 0 unspecified atom stereocenters. The number of rotatable bonds is 2. The minimum absolute atomic E-state index is 0.150. The summed E-state index contributed by atoms with van der Waals surface area (Å²) in [5.41, 5.74) is 0. The number of hydrogen-bond donors (Lipinski definition) is 1. The second kappa shape index (κ2) is 2.71. The van der Waals surface area contributed by atoms with Crippen LogP contribution >= 0.6 is 0 Å². The van der Waals surface area contributed by atoms with Crippen molar-refractivity contribution in [3.05, 3.63) is 0 Å². The van der Waals surface area contributed by atoms with Gasteiger partial charge in [-0.05, 0) is 13.5 Å². The number of ether oxygens (including phenoxy) is 1. The third-order valence-electron chi connectivity index (χ3n) is 2.52. The molecule has 1 N–H and O–H groups in total. The van der Waals surface area contributed by atoms with Crippen molar-refractivity contribution in [1.82, 2.24) is 5.32 Å². The minimum Gasteiger partial charge on any atom is -0.378 e. The molecular weight excluding hydrogens is 146 g/mol. The smallest absolute Gasteiger partial charge is 0.150 e. The molecule has 1 heterocycles. The second-order valence-electron chi connectivity index (χ2n) is 3.03. The summed E-state index contributed by atoms with van der Waals surface area (Å²) >= 11 is 0. The maximum atomic E-state index is 5.23. The summed E-state index contributed by atoms with van der Waals surface area (Å²) in [6.07, 6.45) is 1.52. The molecule has 4 nitrogen and oxygen atoms in total. The lowest BCUT2D eigenvalue weighted by Gasteiger charge is -2.33. The highest BCUT2D eigenvalue weighted by Gasteiger charge is 2.52. The van der Waals surface area contributed by atoms with Crippen molar-refractivity contribution in [2.45, 2.75) is 30.8 Å². The van der Waals surface area contributed by atoms with E-state index in [1.807, 2.05) is 7.05 Å². The molecule has 1 saturated carbocycles. The first-order valence-electron chi connectivity index (χ1n) is 3.89. The average Bonchev–Trinajstić information content (AvgIpc) is 2.21. The van der Waals surface area contributed by atoms with Crippen molar-refractivity contribution in [2.75, 3.05) is 14.2 Å². The highest BCUT2D eigenvalue weighted by Crippen LogP contribution is 2.35. The Morgan fingerprint density at radius 1 is 1.36 bits per heavy atom. The lowest BCUT2D eigenvalue weighted by molar-refractivity contribution is -0.467. The van der Waals surface area contributed by atoms with Crippen molar-refractivity contribution >= 4 is 0 Å². The molecule has 1 saturated heterocycles. The molecule has 4 heteroatoms. The first-order chi connectivity index (χ1) is 5.36. The van der Waals surface area contributed by atoms with E-state index in [0.717, 1.165) is 6.42 Å². The summed E-state index contributed by atoms with van der Waals surface area (Å²) in [5.74, 6) is 0. The van der Waals surface area contributed by atoms with Crippen LogP contribution in [0.25, 0.3) is 0 Å². The summed E-state index contributed by atoms with van der Waals surface area (Å²) in [7, 11) is 3.64. The Morgan fingerprint density at radius 2 is 2.09 bits per heavy atom. The Balaban J connectivity index is 1.99. The molecule has 0 amide bonds. The van der Waals surface area contributed by atoms with Gasteiger partial charge in [0.05, 0.1) is 6.10 Å². The van der Waals surface area contributed by atoms with Crippen LogP contribution in [-0.2, 0) is 14.5 Å². The van der Waals surface area contributed by atoms with Gasteiger partial charge in [-0.3, -0.25) is 0 Å². The van der Waals surface area contributed by atoms with Gasteiger partial charge in [0.15, 0.2) is 0 Å². The van der Waals surface area contributed by atoms with Crippen molar-refractivity contribution < 1.29 is 14.5 Å². The van der Waals surface area contributed by atoms with Gasteiger partial charge in [0.2, 0.25) is 0 Å². The van der Waals surface area contributed by atoms with E-state index >= 15 is 0 Å². The SMILES string of the molecule is CN[C@@H]1C[C@H](OC)[C@H]2OO[C@H]21. The molecule has 0 aromatic heterocycles. The standard InChI is InChI=1S/C7H13NO3/c1-8-4-3-5(9-2)7-6(4)10-11-7/h4-8H,3H2,1-2H3/t4-,5+,6+,7-/m1/s1. The van der Waals surface area contributed by atoms with E-state index in [9.17, 15) is 0 Å². The molecule has 0 aromatic carbocycles. The molecule has 0 spiro atoms. The molecule has 0 aromatic rings. The highest BCUT2D eigenvalue weighted by molar-refractivity contribution is 4.99. The van der Waals surface area contributed by atoms with Gasteiger partial charge in [0.25, 0.3) is 0 Å². The summed E-state index contributed by atoms with van der Waals surface area (Å²) in [6.45, 7) is 0. The largest absolute Gasteiger partial charge is 0.378 e. The third-order valence-corrected chi connectivity index (χ3v) is 2.52. The van der Waals surface area contributed by atoms with Crippen molar-refractivity contribution in [3.8, 4) is 0 Å². The fourth-order valence-electron chi connectivity index (χ4n) is 1.78. The second-order valence-corrected chi connectivity index (χ2v) is 3.03. The van der Waals surface area contributed by atoms with Crippen molar-refractivity contribution in [1.29, 1.82) is 0 Å². The predicted molar refractivity (Wildman–Crippen MR) is 38.0 cm³/mol. The van der Waals surface area contributed by atoms with Gasteiger partial charge in [0.1, 0.15) is 12.2 Å². The van der Waals surface area contributed by atoms with Crippen LogP contribution in [0.3, 0.4) is 0 Å². The van der Waals surface area contributed by atoms with E-state index < -0.39 is 0 Å². The molecule has 11 heavy (non-hydrogen) atoms. The van der Waals surface area contributed by atoms with Gasteiger partial charge < -0.3 is 10.1 Å². The zero-order valence-corrected chi connectivity index (χ0v) is 6.74. The molecular formula is C7H13NO3. The summed E-state index contributed by atoms with van der Waals surface area (Å²) in [5, 5.41) is 3.17. The van der Waals surface area contributed by atoms with Gasteiger partial charge in [-0.15, -0.1) is 0 Å². The van der Waals surface area contributed by atoms with Crippen LogP contribution in [0.4, 0.5) is 0 Å². The quantitative estimate of drug-likeness (QED) is 0.561. The zero-order chi connectivity index (χ0) is 7.84. The lowest BCUT2D eigenvalue weighted by atomic mass is 10.2. The summed E-state index contributed by atoms with van der Waals surface area (Å²) in [6, 6.07) is 0.388. The molecule has 2 fully saturated rings. The lowest BCUT2D eigenvalue weighted by Crippen LogP contribution is -2.50. The third kappa shape index (κ3) is 0.980. The van der Waals surface area contributed by atoms with Gasteiger partial charge in [-0.2, -0.15) is 0 Å². The molecule has 64 valence electrons. The fourth-order valence-corrected chi connectivity index (χ4v) is 1.78. The Bertz CT molecular complexity index is 127. The van der Waals surface area contributed by atoms with Crippen molar-refractivity contribution in [3.63, 3.8) is 0 Å². The molecule has 2 rings (SSSR count). The van der Waals surface area contributed by atoms with Gasteiger partial charge >= 0.3 is 0 Å². The van der Waals surface area contributed by atoms with E-state index in [1.54, 1.807) is 7.11 Å². The molecule has 0 bridgehead atoms. The van der Waals surface area contributed by atoms with Crippen LogP contribution in [0.2, 0.25) is 0 Å². The van der Waals surface area contributed by atoms with Crippen LogP contribution in [0, 0.1) is 0 Å². The molecule has 1 aliphatic carbocycles. The Morgan fingerprint density at radius 3 is 2.36 bits per heavy atom. The first-order valence-corrected chi connectivity index (χ1v) is 3.89. The number of likely N-dealkylation sites (N-methyl/N-ethyl adjacent to an activating group) is 1. The van der Waals surface area contributed by atoms with E-state index in [4.69, 9.17) is 14.5 Å². The first kappa shape index (κ1) is 7.49. The number of fused-ring (bicyclic) bond motifs is 1. The van der Waals surface area contributed by atoms with E-state index in [1.165, 1.54) is 0 Å². The fraction of sp³-hybridized carbons (Fsp3) is 1.00. The minimum atomic E-state index is 0.150. The Kier molecular flexibility index (Phi) is 1.85. The molecule has 2 aliphatic rings. The summed E-state index contributed by atoms with van der Waals surface area (Å²) < 4.78 is 5.23. The van der Waals surface area contributed by atoms with Crippen LogP contribution in [0.1, 0.15) is 6.42 Å². The Labute approximate surface area is 65.7 Å². The summed E-state index contributed by atoms with van der Waals surface area (Å²) in [4.78, 5) is 9.87. The Hall–Kier alpha value is -0.160. The topological polar surface area (TPSA) is 39.7 Å². The van der Waals surface area contributed by atoms with Gasteiger partial charge in [-0.25, -0.2) is 9.78 Å². The molecule has 4 atom stereocenters. The van der Waals surface area contributed by atoms with Crippen LogP contribution in [-0.4, -0.2) is 38.5 Å². The van der Waals surface area contributed by atoms with Gasteiger partial charge in [0, 0.05) is 13.2 Å². The van der Waals surface area contributed by atoms with E-state index in [0.29, 0.717) is 6.04 Å². The average molecular weight is 159 g/mol. The maximum absolute atomic E-state index is 5.23. The molecule has 1 aliphatic heterocycles. The van der Waals surface area contributed by atoms with Crippen LogP contribution in [0.5, 0.6) is 0 Å². The zero-order valence-electron chi connectivity index (χ0n) is 6.74. The number of nitrogens with one attached hydrogen (secondary N) is 1. The van der Waals surface area contributed by atoms with Crippen molar-refractivity contribution in [2.24, 2.45) is 0 Å². The van der Waals surface area contributed by atoms with E-state index in [-0.39, 0.29) is 18.3 Å². The van der Waals surface area contributed by atoms with E-state index in [2.05, 4.69) is 5.32 Å². The number of methoxy groups -OCH3 is 1. The maximum Gasteiger partial charge on any atom is 0.150 e. The van der Waals surface area contributed by atoms with Crippen LogP contribution < -0.4 is 5.32 Å².